The number of unbranched alkanes of at least 4 members (excludes halogenated alkanes) is 25. The average molecular weight is 1010 g/mol. The Labute approximate surface area is 450 Å². The predicted molar refractivity (Wildman–Crippen MR) is 316 cm³/mol. The number of carbonyl (C=O) groups excluding carboxylic acids is 3. The highest BCUT2D eigenvalue weighted by molar-refractivity contribution is 5.71. The maximum atomic E-state index is 12.8. The lowest BCUT2D eigenvalue weighted by molar-refractivity contribution is -0.166. The third-order valence-corrected chi connectivity index (χ3v) is 12.8. The molecule has 416 valence electrons. The van der Waals surface area contributed by atoms with Crippen LogP contribution in [0.4, 0.5) is 0 Å². The van der Waals surface area contributed by atoms with Crippen LogP contribution >= 0.6 is 0 Å². The number of allylic oxidation sites excluding steroid dienone is 18. The molecule has 0 spiro atoms. The van der Waals surface area contributed by atoms with Crippen LogP contribution in [0, 0.1) is 0 Å². The first-order valence-electron chi connectivity index (χ1n) is 30.4. The lowest BCUT2D eigenvalue weighted by Crippen LogP contribution is -2.30. The van der Waals surface area contributed by atoms with Crippen molar-refractivity contribution in [2.24, 2.45) is 0 Å². The normalized spacial score (nSPS) is 12.9. The third-order valence-electron chi connectivity index (χ3n) is 12.8. The summed E-state index contributed by atoms with van der Waals surface area (Å²) < 4.78 is 16.8. The molecule has 0 aliphatic rings. The molecule has 0 aliphatic carbocycles. The molecular formula is C67H112O6. The molecule has 0 rings (SSSR count). The van der Waals surface area contributed by atoms with E-state index in [-0.39, 0.29) is 38.0 Å². The minimum Gasteiger partial charge on any atom is -0.462 e. The minimum atomic E-state index is -0.841. The van der Waals surface area contributed by atoms with Crippen LogP contribution in [-0.2, 0) is 28.6 Å². The van der Waals surface area contributed by atoms with Gasteiger partial charge in [0.2, 0.25) is 0 Å². The van der Waals surface area contributed by atoms with Crippen molar-refractivity contribution in [2.45, 2.75) is 284 Å². The molecule has 0 radical (unpaired) electrons. The van der Waals surface area contributed by atoms with Crippen molar-refractivity contribution in [1.29, 1.82) is 0 Å². The van der Waals surface area contributed by atoms with E-state index >= 15 is 0 Å². The summed E-state index contributed by atoms with van der Waals surface area (Å²) >= 11 is 0. The van der Waals surface area contributed by atoms with Crippen molar-refractivity contribution in [3.05, 3.63) is 109 Å². The van der Waals surface area contributed by atoms with E-state index in [1.165, 1.54) is 154 Å². The molecule has 0 aromatic rings. The smallest absolute Gasteiger partial charge is 0.306 e. The van der Waals surface area contributed by atoms with Gasteiger partial charge in [-0.15, -0.1) is 0 Å². The lowest BCUT2D eigenvalue weighted by Gasteiger charge is -2.18. The van der Waals surface area contributed by atoms with Crippen molar-refractivity contribution >= 4 is 17.9 Å². The largest absolute Gasteiger partial charge is 0.462 e. The second-order valence-corrected chi connectivity index (χ2v) is 19.9. The molecule has 73 heavy (non-hydrogen) atoms. The van der Waals surface area contributed by atoms with Crippen LogP contribution < -0.4 is 0 Å². The molecule has 0 saturated carbocycles. The van der Waals surface area contributed by atoms with Gasteiger partial charge in [0.25, 0.3) is 0 Å². The van der Waals surface area contributed by atoms with Crippen molar-refractivity contribution in [3.8, 4) is 0 Å². The molecule has 1 atom stereocenters. The van der Waals surface area contributed by atoms with Gasteiger partial charge >= 0.3 is 17.9 Å². The number of rotatable bonds is 54. The zero-order chi connectivity index (χ0) is 52.9. The van der Waals surface area contributed by atoms with Crippen molar-refractivity contribution in [1.82, 2.24) is 0 Å². The van der Waals surface area contributed by atoms with Gasteiger partial charge in [0.15, 0.2) is 6.10 Å². The van der Waals surface area contributed by atoms with Gasteiger partial charge in [-0.25, -0.2) is 0 Å². The molecule has 0 N–H and O–H groups in total. The second-order valence-electron chi connectivity index (χ2n) is 19.9. The zero-order valence-corrected chi connectivity index (χ0v) is 47.6. The van der Waals surface area contributed by atoms with Crippen LogP contribution in [0.25, 0.3) is 0 Å². The number of ether oxygens (including phenoxy) is 3. The van der Waals surface area contributed by atoms with Gasteiger partial charge in [-0.3, -0.25) is 14.4 Å². The van der Waals surface area contributed by atoms with E-state index < -0.39 is 12.1 Å². The van der Waals surface area contributed by atoms with Crippen LogP contribution in [0.5, 0.6) is 0 Å². The van der Waals surface area contributed by atoms with E-state index in [2.05, 4.69) is 124 Å². The fourth-order valence-electron chi connectivity index (χ4n) is 8.18. The third kappa shape index (κ3) is 58.8. The number of esters is 3. The fourth-order valence-corrected chi connectivity index (χ4v) is 8.18. The Morgan fingerprint density at radius 2 is 0.534 bits per heavy atom. The molecular weight excluding hydrogens is 901 g/mol. The molecule has 0 bridgehead atoms. The molecule has 0 saturated heterocycles. The molecule has 0 heterocycles. The van der Waals surface area contributed by atoms with Crippen molar-refractivity contribution < 1.29 is 28.6 Å². The van der Waals surface area contributed by atoms with Gasteiger partial charge < -0.3 is 14.2 Å². The Balaban J connectivity index is 4.56. The summed E-state index contributed by atoms with van der Waals surface area (Å²) in [5, 5.41) is 0. The fraction of sp³-hybridized carbons (Fsp3) is 0.687. The van der Waals surface area contributed by atoms with Crippen LogP contribution in [0.3, 0.4) is 0 Å². The second kappa shape index (κ2) is 60.6. The minimum absolute atomic E-state index is 0.124. The van der Waals surface area contributed by atoms with Gasteiger partial charge in [0, 0.05) is 19.3 Å². The quantitative estimate of drug-likeness (QED) is 0.0261. The first-order chi connectivity index (χ1) is 36.0. The summed E-state index contributed by atoms with van der Waals surface area (Å²) in [6, 6.07) is 0. The molecule has 6 nitrogen and oxygen atoms in total. The molecule has 0 aromatic carbocycles. The molecule has 0 unspecified atom stereocenters. The van der Waals surface area contributed by atoms with Gasteiger partial charge in [-0.05, 0) is 96.3 Å². The Kier molecular flexibility index (Phi) is 57.4. The summed E-state index contributed by atoms with van der Waals surface area (Å²) in [4.78, 5) is 38.2. The van der Waals surface area contributed by atoms with Crippen LogP contribution in [0.1, 0.15) is 278 Å². The first kappa shape index (κ1) is 69.1. The summed E-state index contributed by atoms with van der Waals surface area (Å²) in [6.07, 6.45) is 82.4. The molecule has 0 fully saturated rings. The molecule has 0 aliphatic heterocycles. The number of carbonyl (C=O) groups is 3. The van der Waals surface area contributed by atoms with Gasteiger partial charge in [-0.2, -0.15) is 0 Å². The van der Waals surface area contributed by atoms with E-state index in [0.717, 1.165) is 70.6 Å². The Morgan fingerprint density at radius 1 is 0.274 bits per heavy atom. The van der Waals surface area contributed by atoms with Crippen molar-refractivity contribution in [3.63, 3.8) is 0 Å². The standard InChI is InChI=1S/C67H112O6/c1-4-7-10-13-16-19-22-25-28-31-33-36-39-42-45-48-51-54-57-60-66(69)72-63-64(62-71-65(68)59-56-53-50-47-44-41-38-35-30-27-24-21-18-15-12-9-6-3)73-67(70)61-58-55-52-49-46-43-40-37-34-32-29-26-23-20-17-14-11-8-5-2/h17-18,20-21,26-27,29-30,34,37-38,41,43,46-47,50,52,55,64H,4-16,19,22-25,28,31-33,35-36,39-40,42,44-45,48-49,51,53-54,56-63H2,1-3H3/b20-17-,21-18-,29-26-,30-27-,37-34-,41-38-,46-43-,50-47-,55-52-/t64-/m1/s1. The Bertz CT molecular complexity index is 1490. The number of hydrogen-bond donors (Lipinski definition) is 0. The molecule has 0 amide bonds. The summed E-state index contributed by atoms with van der Waals surface area (Å²) in [5.41, 5.74) is 0. The zero-order valence-electron chi connectivity index (χ0n) is 47.6. The van der Waals surface area contributed by atoms with E-state index in [4.69, 9.17) is 14.2 Å². The maximum absolute atomic E-state index is 12.8. The highest BCUT2D eigenvalue weighted by Crippen LogP contribution is 2.16. The molecule has 6 heteroatoms. The Morgan fingerprint density at radius 3 is 0.877 bits per heavy atom. The van der Waals surface area contributed by atoms with Crippen LogP contribution in [0.2, 0.25) is 0 Å². The van der Waals surface area contributed by atoms with Crippen LogP contribution in [-0.4, -0.2) is 37.2 Å². The monoisotopic (exact) mass is 1010 g/mol. The van der Waals surface area contributed by atoms with Gasteiger partial charge in [0.05, 0.1) is 0 Å². The maximum Gasteiger partial charge on any atom is 0.306 e. The summed E-state index contributed by atoms with van der Waals surface area (Å²) in [6.45, 7) is 6.49. The lowest BCUT2D eigenvalue weighted by atomic mass is 10.0. The summed E-state index contributed by atoms with van der Waals surface area (Å²) in [7, 11) is 0. The highest BCUT2D eigenvalue weighted by atomic mass is 16.6. The topological polar surface area (TPSA) is 78.9 Å². The molecule has 0 aromatic heterocycles. The SMILES string of the molecule is CCCCC/C=C\C/C=C\C/C=C\C/C=C\C/C=C\CCC(=O)O[C@H](COC(=O)CCC/C=C\C/C=C\C/C=C\C/C=C\CCCCC)COC(=O)CCCCCCCCCCCCCCCCCCCCC. The van der Waals surface area contributed by atoms with Gasteiger partial charge in [-0.1, -0.05) is 271 Å². The number of hydrogen-bond acceptors (Lipinski definition) is 6. The van der Waals surface area contributed by atoms with E-state index in [1.807, 2.05) is 6.08 Å². The van der Waals surface area contributed by atoms with E-state index in [1.54, 1.807) is 0 Å². The predicted octanol–water partition coefficient (Wildman–Crippen LogP) is 20.7. The van der Waals surface area contributed by atoms with E-state index in [9.17, 15) is 14.4 Å². The van der Waals surface area contributed by atoms with Crippen molar-refractivity contribution in [2.75, 3.05) is 13.2 Å². The first-order valence-corrected chi connectivity index (χ1v) is 30.4. The van der Waals surface area contributed by atoms with E-state index in [0.29, 0.717) is 19.3 Å². The average Bonchev–Trinajstić information content (AvgIpc) is 3.39. The highest BCUT2D eigenvalue weighted by Gasteiger charge is 2.19. The van der Waals surface area contributed by atoms with Crippen LogP contribution in [0.15, 0.2) is 109 Å². The van der Waals surface area contributed by atoms with Gasteiger partial charge in [0.1, 0.15) is 13.2 Å². The Hall–Kier alpha value is -3.93. The summed E-state index contributed by atoms with van der Waals surface area (Å²) in [5.74, 6) is -1.06.